The molecule has 0 radical (unpaired) electrons. The Kier molecular flexibility index (Phi) is 6.35. The van der Waals surface area contributed by atoms with Crippen molar-refractivity contribution in [2.24, 2.45) is 0 Å². The Hall–Kier alpha value is -2.70. The van der Waals surface area contributed by atoms with E-state index in [1.54, 1.807) is 36.4 Å². The van der Waals surface area contributed by atoms with E-state index in [0.717, 1.165) is 5.56 Å². The van der Waals surface area contributed by atoms with Crippen LogP contribution in [0.3, 0.4) is 0 Å². The molecule has 0 saturated heterocycles. The highest BCUT2D eigenvalue weighted by atomic mass is 35.5. The van der Waals surface area contributed by atoms with Crippen molar-refractivity contribution in [3.63, 3.8) is 0 Å². The smallest absolute Gasteiger partial charge is 0.338 e. The Balaban J connectivity index is 1.73. The van der Waals surface area contributed by atoms with Gasteiger partial charge in [-0.1, -0.05) is 47.5 Å². The van der Waals surface area contributed by atoms with E-state index in [9.17, 15) is 17.6 Å². The first-order valence-electron chi connectivity index (χ1n) is 8.74. The quantitative estimate of drug-likeness (QED) is 0.507. The molecular formula is C22H18ClFO4S. The highest BCUT2D eigenvalue weighted by Crippen LogP contribution is 2.21. The first-order valence-corrected chi connectivity index (χ1v) is 10.8. The van der Waals surface area contributed by atoms with E-state index < -0.39 is 21.6 Å². The minimum Gasteiger partial charge on any atom is -0.457 e. The van der Waals surface area contributed by atoms with E-state index in [2.05, 4.69) is 0 Å². The summed E-state index contributed by atoms with van der Waals surface area (Å²) in [5, 5.41) is 0.163. The second-order valence-electron chi connectivity index (χ2n) is 6.55. The second-order valence-corrected chi connectivity index (χ2v) is 8.95. The highest BCUT2D eigenvalue weighted by molar-refractivity contribution is 7.90. The highest BCUT2D eigenvalue weighted by Gasteiger charge is 2.17. The predicted molar refractivity (Wildman–Crippen MR) is 109 cm³/mol. The molecule has 29 heavy (non-hydrogen) atoms. The van der Waals surface area contributed by atoms with Crippen LogP contribution in [0.25, 0.3) is 0 Å². The van der Waals surface area contributed by atoms with E-state index in [-0.39, 0.29) is 33.4 Å². The van der Waals surface area contributed by atoms with Crippen molar-refractivity contribution in [3.05, 3.63) is 99.8 Å². The van der Waals surface area contributed by atoms with Gasteiger partial charge in [0.15, 0.2) is 9.84 Å². The molecule has 4 nitrogen and oxygen atoms in total. The molecule has 0 bridgehead atoms. The Labute approximate surface area is 173 Å². The summed E-state index contributed by atoms with van der Waals surface area (Å²) in [5.41, 5.74) is 1.67. The van der Waals surface area contributed by atoms with Gasteiger partial charge < -0.3 is 4.74 Å². The number of benzene rings is 3. The first-order chi connectivity index (χ1) is 13.8. The molecule has 0 spiro atoms. The van der Waals surface area contributed by atoms with Crippen molar-refractivity contribution in [1.82, 2.24) is 0 Å². The van der Waals surface area contributed by atoms with Crippen molar-refractivity contribution < 1.29 is 22.3 Å². The molecule has 0 fully saturated rings. The zero-order valence-electron chi connectivity index (χ0n) is 15.6. The number of sulfone groups is 1. The van der Waals surface area contributed by atoms with E-state index in [0.29, 0.717) is 5.56 Å². The largest absolute Gasteiger partial charge is 0.457 e. The average Bonchev–Trinajstić information content (AvgIpc) is 2.67. The monoisotopic (exact) mass is 432 g/mol. The van der Waals surface area contributed by atoms with Crippen molar-refractivity contribution in [3.8, 4) is 0 Å². The molecule has 0 aliphatic rings. The fourth-order valence-corrected chi connectivity index (χ4v) is 4.28. The average molecular weight is 433 g/mol. The molecule has 0 unspecified atom stereocenters. The maximum Gasteiger partial charge on any atom is 0.338 e. The zero-order valence-corrected chi connectivity index (χ0v) is 17.1. The van der Waals surface area contributed by atoms with Gasteiger partial charge >= 0.3 is 5.97 Å². The fourth-order valence-electron chi connectivity index (χ4n) is 2.73. The minimum absolute atomic E-state index is 0.0839. The third kappa shape index (κ3) is 5.22. The van der Waals surface area contributed by atoms with Crippen molar-refractivity contribution >= 4 is 27.4 Å². The molecule has 0 aliphatic carbocycles. The van der Waals surface area contributed by atoms with E-state index in [1.807, 2.05) is 6.92 Å². The Morgan fingerprint density at radius 2 is 1.72 bits per heavy atom. The Morgan fingerprint density at radius 1 is 1.03 bits per heavy atom. The lowest BCUT2D eigenvalue weighted by atomic mass is 10.1. The lowest BCUT2D eigenvalue weighted by molar-refractivity contribution is 0.0469. The summed E-state index contributed by atoms with van der Waals surface area (Å²) in [5.74, 6) is -1.52. The van der Waals surface area contributed by atoms with Gasteiger partial charge in [0.2, 0.25) is 0 Å². The number of ether oxygens (including phenoxy) is 1. The summed E-state index contributed by atoms with van der Waals surface area (Å²) in [6.45, 7) is 1.55. The molecule has 0 heterocycles. The normalized spacial score (nSPS) is 11.3. The summed E-state index contributed by atoms with van der Waals surface area (Å²) < 4.78 is 44.2. The summed E-state index contributed by atoms with van der Waals surface area (Å²) in [6, 6.07) is 16.9. The van der Waals surface area contributed by atoms with Crippen LogP contribution in [0.5, 0.6) is 0 Å². The third-order valence-corrected chi connectivity index (χ3v) is 6.37. The number of hydrogen-bond donors (Lipinski definition) is 0. The first kappa shape index (κ1) is 21.0. The summed E-state index contributed by atoms with van der Waals surface area (Å²) in [4.78, 5) is 12.5. The molecule has 150 valence electrons. The molecule has 3 aromatic rings. The number of carbonyl (C=O) groups excluding carboxylic acids is 1. The number of hydrogen-bond acceptors (Lipinski definition) is 4. The van der Waals surface area contributed by atoms with Crippen LogP contribution in [0.1, 0.15) is 27.0 Å². The molecule has 7 heteroatoms. The molecule has 0 aromatic heterocycles. The molecule has 0 atom stereocenters. The van der Waals surface area contributed by atoms with Crippen LogP contribution in [0.4, 0.5) is 4.39 Å². The van der Waals surface area contributed by atoms with Crippen LogP contribution in [-0.2, 0) is 26.9 Å². The van der Waals surface area contributed by atoms with Gasteiger partial charge in [-0.3, -0.25) is 0 Å². The van der Waals surface area contributed by atoms with Crippen LogP contribution in [-0.4, -0.2) is 14.4 Å². The number of esters is 1. The van der Waals surface area contributed by atoms with Gasteiger partial charge in [0.25, 0.3) is 0 Å². The van der Waals surface area contributed by atoms with E-state index in [4.69, 9.17) is 16.3 Å². The summed E-state index contributed by atoms with van der Waals surface area (Å²) in [7, 11) is -3.56. The zero-order chi connectivity index (χ0) is 21.0. The number of halogens is 2. The van der Waals surface area contributed by atoms with Crippen LogP contribution < -0.4 is 0 Å². The maximum absolute atomic E-state index is 13.8. The molecule has 0 aliphatic heterocycles. The van der Waals surface area contributed by atoms with Crippen molar-refractivity contribution in [1.29, 1.82) is 0 Å². The molecule has 0 N–H and O–H groups in total. The number of rotatable bonds is 6. The maximum atomic E-state index is 13.8. The number of aryl methyl sites for hydroxylation is 1. The fraction of sp³-hybridized carbons (Fsp3) is 0.136. The summed E-state index contributed by atoms with van der Waals surface area (Å²) >= 11 is 5.93. The third-order valence-electron chi connectivity index (χ3n) is 4.31. The predicted octanol–water partition coefficient (Wildman–Crippen LogP) is 5.12. The lowest BCUT2D eigenvalue weighted by Crippen LogP contribution is -2.09. The van der Waals surface area contributed by atoms with E-state index >= 15 is 0 Å². The van der Waals surface area contributed by atoms with Gasteiger partial charge in [-0.15, -0.1) is 0 Å². The lowest BCUT2D eigenvalue weighted by Gasteiger charge is -2.09. The van der Waals surface area contributed by atoms with Gasteiger partial charge in [0.1, 0.15) is 12.4 Å². The van der Waals surface area contributed by atoms with Gasteiger partial charge in [-0.05, 0) is 48.9 Å². The molecule has 0 saturated carbocycles. The second kappa shape index (κ2) is 8.76. The van der Waals surface area contributed by atoms with Gasteiger partial charge in [-0.2, -0.15) is 0 Å². The van der Waals surface area contributed by atoms with E-state index in [1.165, 1.54) is 30.3 Å². The Bertz CT molecular complexity index is 1120. The topological polar surface area (TPSA) is 60.4 Å². The van der Waals surface area contributed by atoms with Crippen molar-refractivity contribution in [2.45, 2.75) is 24.2 Å². The molecular weight excluding hydrogens is 415 g/mol. The molecule has 3 aromatic carbocycles. The van der Waals surface area contributed by atoms with Crippen LogP contribution >= 0.6 is 11.6 Å². The summed E-state index contributed by atoms with van der Waals surface area (Å²) in [6.07, 6.45) is 0. The number of carbonyl (C=O) groups is 1. The van der Waals surface area contributed by atoms with Crippen LogP contribution in [0.15, 0.2) is 71.6 Å². The molecule has 3 rings (SSSR count). The molecule has 0 amide bonds. The minimum atomic E-state index is -3.56. The van der Waals surface area contributed by atoms with Gasteiger partial charge in [0.05, 0.1) is 21.2 Å². The Morgan fingerprint density at radius 3 is 2.41 bits per heavy atom. The van der Waals surface area contributed by atoms with Gasteiger partial charge in [-0.25, -0.2) is 17.6 Å². The standard InChI is InChI=1S/C22H18ClFO4S/c1-15-8-10-18(11-9-15)29(26,27)14-16-4-2-5-17(12-16)22(25)28-13-19-20(23)6-3-7-21(19)24/h2-12H,13-14H2,1H3. The van der Waals surface area contributed by atoms with Crippen molar-refractivity contribution in [2.75, 3.05) is 0 Å². The SMILES string of the molecule is Cc1ccc(S(=O)(=O)Cc2cccc(C(=O)OCc3c(F)cccc3Cl)c2)cc1. The van der Waals surface area contributed by atoms with Crippen LogP contribution in [0.2, 0.25) is 5.02 Å². The van der Waals surface area contributed by atoms with Gasteiger partial charge in [0, 0.05) is 5.56 Å². The van der Waals surface area contributed by atoms with Crippen LogP contribution in [0, 0.1) is 12.7 Å².